The number of aliphatic hydroxyl groups is 4. The van der Waals surface area contributed by atoms with Crippen molar-refractivity contribution in [2.24, 2.45) is 0 Å². The molecular weight excluding hydrogens is 424 g/mol. The van der Waals surface area contributed by atoms with Crippen LogP contribution in [0.25, 0.3) is 22.3 Å². The average Bonchev–Trinajstić information content (AvgIpc) is 2.79. The van der Waals surface area contributed by atoms with E-state index in [1.165, 1.54) is 19.2 Å². The van der Waals surface area contributed by atoms with Crippen molar-refractivity contribution >= 4 is 11.0 Å². The first-order valence-electron chi connectivity index (χ1n) is 9.75. The molecule has 2 heterocycles. The Hall–Kier alpha value is -3.15. The average molecular weight is 446 g/mol. The molecule has 0 saturated carbocycles. The number of hydrogen-bond donors (Lipinski definition) is 5. The van der Waals surface area contributed by atoms with Gasteiger partial charge in [-0.05, 0) is 24.3 Å². The fourth-order valence-corrected chi connectivity index (χ4v) is 3.51. The predicted molar refractivity (Wildman–Crippen MR) is 111 cm³/mol. The van der Waals surface area contributed by atoms with Gasteiger partial charge in [0.05, 0.1) is 13.7 Å². The maximum absolute atomic E-state index is 12.6. The summed E-state index contributed by atoms with van der Waals surface area (Å²) in [6.07, 6.45) is -7.42. The third kappa shape index (κ3) is 4.01. The van der Waals surface area contributed by atoms with Crippen molar-refractivity contribution in [3.05, 3.63) is 52.7 Å². The molecule has 3 aromatic rings. The van der Waals surface area contributed by atoms with Gasteiger partial charge in [-0.25, -0.2) is 0 Å². The molecule has 32 heavy (non-hydrogen) atoms. The minimum atomic E-state index is -1.64. The van der Waals surface area contributed by atoms with Gasteiger partial charge in [-0.15, -0.1) is 0 Å². The van der Waals surface area contributed by atoms with E-state index in [0.717, 1.165) is 6.07 Å². The number of benzene rings is 2. The smallest absolute Gasteiger partial charge is 0.229 e. The molecule has 1 aromatic heterocycles. The van der Waals surface area contributed by atoms with Crippen molar-refractivity contribution in [1.82, 2.24) is 0 Å². The first kappa shape index (κ1) is 22.1. The Balaban J connectivity index is 1.69. The highest BCUT2D eigenvalue weighted by Crippen LogP contribution is 2.33. The SMILES string of the molecule is COc1ccc(-c2cc(=O)c3c(O)cc(O[C@H]4O[C@H](CO)[C@H](O)[C@@H](O)[C@H]4O)cc3o2)cc1. The molecule has 4 rings (SSSR count). The summed E-state index contributed by atoms with van der Waals surface area (Å²) in [4.78, 5) is 12.6. The Morgan fingerprint density at radius 2 is 1.69 bits per heavy atom. The van der Waals surface area contributed by atoms with Crippen LogP contribution in [0.3, 0.4) is 0 Å². The molecule has 10 nitrogen and oxygen atoms in total. The van der Waals surface area contributed by atoms with E-state index < -0.39 is 48.5 Å². The molecule has 1 saturated heterocycles. The second-order valence-corrected chi connectivity index (χ2v) is 7.33. The molecule has 0 aliphatic carbocycles. The van der Waals surface area contributed by atoms with E-state index in [9.17, 15) is 30.3 Å². The normalized spacial score (nSPS) is 25.6. The molecule has 0 amide bonds. The number of ether oxygens (including phenoxy) is 3. The van der Waals surface area contributed by atoms with Crippen LogP contribution in [0.1, 0.15) is 0 Å². The summed E-state index contributed by atoms with van der Waals surface area (Å²) in [7, 11) is 1.53. The molecule has 0 radical (unpaired) electrons. The van der Waals surface area contributed by atoms with E-state index >= 15 is 0 Å². The molecule has 1 aliphatic heterocycles. The van der Waals surface area contributed by atoms with Crippen LogP contribution in [0.5, 0.6) is 17.2 Å². The van der Waals surface area contributed by atoms with Crippen molar-refractivity contribution in [3.63, 3.8) is 0 Å². The van der Waals surface area contributed by atoms with Gasteiger partial charge in [-0.3, -0.25) is 4.79 Å². The monoisotopic (exact) mass is 446 g/mol. The zero-order valence-electron chi connectivity index (χ0n) is 16.9. The zero-order chi connectivity index (χ0) is 23.0. The zero-order valence-corrected chi connectivity index (χ0v) is 16.9. The summed E-state index contributed by atoms with van der Waals surface area (Å²) in [6, 6.07) is 10.5. The van der Waals surface area contributed by atoms with Crippen molar-refractivity contribution in [3.8, 4) is 28.6 Å². The van der Waals surface area contributed by atoms with Gasteiger partial charge in [0.1, 0.15) is 58.4 Å². The van der Waals surface area contributed by atoms with Crippen LogP contribution < -0.4 is 14.9 Å². The molecular formula is C22H22O10. The number of aliphatic hydroxyl groups excluding tert-OH is 4. The summed E-state index contributed by atoms with van der Waals surface area (Å²) in [5.41, 5.74) is 0.140. The maximum Gasteiger partial charge on any atom is 0.229 e. The van der Waals surface area contributed by atoms with Crippen molar-refractivity contribution in [2.75, 3.05) is 13.7 Å². The number of aromatic hydroxyl groups is 1. The lowest BCUT2D eigenvalue weighted by atomic mass is 9.99. The van der Waals surface area contributed by atoms with E-state index in [1.54, 1.807) is 24.3 Å². The summed E-state index contributed by atoms with van der Waals surface area (Å²) < 4.78 is 21.8. The topological polar surface area (TPSA) is 159 Å². The van der Waals surface area contributed by atoms with Crippen LogP contribution in [0.15, 0.2) is 51.7 Å². The van der Waals surface area contributed by atoms with E-state index in [1.807, 2.05) is 0 Å². The largest absolute Gasteiger partial charge is 0.507 e. The second kappa shape index (κ2) is 8.77. The number of hydrogen-bond acceptors (Lipinski definition) is 10. The predicted octanol–water partition coefficient (Wildman–Crippen LogP) is 0.353. The number of methoxy groups -OCH3 is 1. The van der Waals surface area contributed by atoms with Gasteiger partial charge >= 0.3 is 0 Å². The Labute approximate surface area is 181 Å². The lowest BCUT2D eigenvalue weighted by Crippen LogP contribution is -2.60. The molecule has 10 heteroatoms. The van der Waals surface area contributed by atoms with Crippen molar-refractivity contribution < 1.29 is 44.2 Å². The van der Waals surface area contributed by atoms with Crippen LogP contribution in [0.2, 0.25) is 0 Å². The molecule has 5 atom stereocenters. The molecule has 1 aliphatic rings. The third-order valence-electron chi connectivity index (χ3n) is 5.26. The first-order chi connectivity index (χ1) is 15.3. The molecule has 5 N–H and O–H groups in total. The van der Waals surface area contributed by atoms with Gasteiger partial charge in [0, 0.05) is 23.8 Å². The highest BCUT2D eigenvalue weighted by Gasteiger charge is 2.44. The lowest BCUT2D eigenvalue weighted by Gasteiger charge is -2.39. The summed E-state index contributed by atoms with van der Waals surface area (Å²) in [5.74, 6) is 0.422. The summed E-state index contributed by atoms with van der Waals surface area (Å²) >= 11 is 0. The van der Waals surface area contributed by atoms with Crippen molar-refractivity contribution in [2.45, 2.75) is 30.7 Å². The Kier molecular flexibility index (Phi) is 6.04. The van der Waals surface area contributed by atoms with Gasteiger partial charge in [0.2, 0.25) is 6.29 Å². The Bertz CT molecular complexity index is 1150. The number of rotatable bonds is 5. The number of fused-ring (bicyclic) bond motifs is 1. The van der Waals surface area contributed by atoms with Crippen LogP contribution in [-0.4, -0.2) is 70.0 Å². The third-order valence-corrected chi connectivity index (χ3v) is 5.26. The summed E-state index contributed by atoms with van der Waals surface area (Å²) in [5, 5.41) is 49.6. The van der Waals surface area contributed by atoms with Crippen molar-refractivity contribution in [1.29, 1.82) is 0 Å². The van der Waals surface area contributed by atoms with Gasteiger partial charge in [0.15, 0.2) is 5.43 Å². The second-order valence-electron chi connectivity index (χ2n) is 7.33. The number of phenols is 1. The Morgan fingerprint density at radius 1 is 0.969 bits per heavy atom. The van der Waals surface area contributed by atoms with Gasteiger partial charge in [-0.1, -0.05) is 0 Å². The number of phenolic OH excluding ortho intramolecular Hbond substituents is 1. The van der Waals surface area contributed by atoms with E-state index in [4.69, 9.17) is 18.6 Å². The fourth-order valence-electron chi connectivity index (χ4n) is 3.51. The minimum Gasteiger partial charge on any atom is -0.507 e. The Morgan fingerprint density at radius 3 is 2.34 bits per heavy atom. The molecule has 170 valence electrons. The standard InChI is InChI=1S/C22H22O10/c1-29-11-4-2-10(3-5-11)15-8-14(25)18-13(24)6-12(7-16(18)31-15)30-22-21(28)20(27)19(26)17(9-23)32-22/h2-8,17,19-24,26-28H,9H2,1H3/t17-,19+,20-,21-,22+/m1/s1. The molecule has 2 aromatic carbocycles. The van der Waals surface area contributed by atoms with Crippen LogP contribution in [0.4, 0.5) is 0 Å². The van der Waals surface area contributed by atoms with E-state index in [-0.39, 0.29) is 22.5 Å². The van der Waals surface area contributed by atoms with E-state index in [0.29, 0.717) is 11.3 Å². The van der Waals surface area contributed by atoms with E-state index in [2.05, 4.69) is 0 Å². The molecule has 1 fully saturated rings. The lowest BCUT2D eigenvalue weighted by molar-refractivity contribution is -0.277. The maximum atomic E-state index is 12.6. The molecule has 0 bridgehead atoms. The van der Waals surface area contributed by atoms with Crippen LogP contribution >= 0.6 is 0 Å². The van der Waals surface area contributed by atoms with Gasteiger partial charge < -0.3 is 44.2 Å². The highest BCUT2D eigenvalue weighted by molar-refractivity contribution is 5.86. The van der Waals surface area contributed by atoms with Crippen LogP contribution in [0, 0.1) is 0 Å². The molecule has 0 unspecified atom stereocenters. The quantitative estimate of drug-likeness (QED) is 0.370. The fraction of sp³-hybridized carbons (Fsp3) is 0.318. The van der Waals surface area contributed by atoms with Gasteiger partial charge in [-0.2, -0.15) is 0 Å². The first-order valence-corrected chi connectivity index (χ1v) is 9.75. The highest BCUT2D eigenvalue weighted by atomic mass is 16.7. The van der Waals surface area contributed by atoms with Crippen LogP contribution in [-0.2, 0) is 4.74 Å². The summed E-state index contributed by atoms with van der Waals surface area (Å²) in [6.45, 7) is -0.617. The molecule has 0 spiro atoms. The van der Waals surface area contributed by atoms with Gasteiger partial charge in [0.25, 0.3) is 0 Å². The minimum absolute atomic E-state index is 0.0166.